The number of pyridine rings is 1. The maximum Gasteiger partial charge on any atom is 0.254 e. The second-order valence-electron chi connectivity index (χ2n) is 8.10. The van der Waals surface area contributed by atoms with Gasteiger partial charge in [-0.05, 0) is 46.1 Å². The number of fused-ring (bicyclic) bond motifs is 1. The summed E-state index contributed by atoms with van der Waals surface area (Å²) in [4.78, 5) is 38.2. The van der Waals surface area contributed by atoms with Gasteiger partial charge in [0.15, 0.2) is 0 Å². The first-order valence-electron chi connectivity index (χ1n) is 10.7. The van der Waals surface area contributed by atoms with Crippen LogP contribution in [0.25, 0.3) is 10.9 Å². The van der Waals surface area contributed by atoms with Crippen LogP contribution in [0.3, 0.4) is 0 Å². The number of hydrogen-bond acceptors (Lipinski definition) is 5. The van der Waals surface area contributed by atoms with Crippen molar-refractivity contribution in [1.82, 2.24) is 24.8 Å². The molecular weight excluding hydrogens is 434 g/mol. The van der Waals surface area contributed by atoms with Crippen molar-refractivity contribution < 1.29 is 4.79 Å². The number of carbonyl (C=O) groups is 1. The first kappa shape index (κ1) is 22.8. The van der Waals surface area contributed by atoms with Gasteiger partial charge in [0.25, 0.3) is 11.5 Å². The van der Waals surface area contributed by atoms with Crippen LogP contribution in [0.15, 0.2) is 52.4 Å². The van der Waals surface area contributed by atoms with E-state index in [-0.39, 0.29) is 24.1 Å². The zero-order chi connectivity index (χ0) is 23.7. The lowest BCUT2D eigenvalue weighted by molar-refractivity contribution is 0.0951. The molecule has 33 heavy (non-hydrogen) atoms. The molecule has 4 aromatic rings. The average Bonchev–Trinajstić information content (AvgIpc) is 3.09. The SMILES string of the molecule is CSc1cc(C)[nH]c(=O)c1CNC(=O)c1c(C)n([C@@H](C)c2cnc(C)nc2)c2ccccc12. The molecule has 2 N–H and O–H groups in total. The number of benzene rings is 1. The van der Waals surface area contributed by atoms with Crippen LogP contribution >= 0.6 is 11.8 Å². The van der Waals surface area contributed by atoms with Gasteiger partial charge in [-0.1, -0.05) is 18.2 Å². The summed E-state index contributed by atoms with van der Waals surface area (Å²) in [6, 6.07) is 9.74. The molecule has 0 aliphatic heterocycles. The summed E-state index contributed by atoms with van der Waals surface area (Å²) in [5.74, 6) is 0.512. The summed E-state index contributed by atoms with van der Waals surface area (Å²) in [5, 5.41) is 3.84. The molecule has 0 aliphatic carbocycles. The van der Waals surface area contributed by atoms with E-state index in [0.29, 0.717) is 11.1 Å². The predicted octanol–water partition coefficient (Wildman–Crippen LogP) is 4.31. The number of aromatic amines is 1. The van der Waals surface area contributed by atoms with E-state index in [1.165, 1.54) is 11.8 Å². The Kier molecular flexibility index (Phi) is 6.37. The third kappa shape index (κ3) is 4.30. The number of thioether (sulfide) groups is 1. The van der Waals surface area contributed by atoms with Crippen LogP contribution in [0.4, 0.5) is 0 Å². The van der Waals surface area contributed by atoms with Gasteiger partial charge in [-0.15, -0.1) is 11.8 Å². The van der Waals surface area contributed by atoms with E-state index in [1.807, 2.05) is 69.8 Å². The highest BCUT2D eigenvalue weighted by Crippen LogP contribution is 2.31. The van der Waals surface area contributed by atoms with Crippen LogP contribution in [-0.4, -0.2) is 31.7 Å². The maximum atomic E-state index is 13.4. The minimum atomic E-state index is -0.207. The Morgan fingerprint density at radius 1 is 1.18 bits per heavy atom. The number of aryl methyl sites for hydroxylation is 2. The lowest BCUT2D eigenvalue weighted by atomic mass is 10.1. The Labute approximate surface area is 196 Å². The highest BCUT2D eigenvalue weighted by molar-refractivity contribution is 7.98. The van der Waals surface area contributed by atoms with Gasteiger partial charge in [0, 0.05) is 57.3 Å². The molecule has 3 heterocycles. The van der Waals surface area contributed by atoms with Crippen molar-refractivity contribution in [3.63, 3.8) is 0 Å². The van der Waals surface area contributed by atoms with Crippen LogP contribution in [-0.2, 0) is 6.54 Å². The number of nitrogens with zero attached hydrogens (tertiary/aromatic N) is 3. The summed E-state index contributed by atoms with van der Waals surface area (Å²) in [6.07, 6.45) is 5.58. The Hall–Kier alpha value is -3.39. The van der Waals surface area contributed by atoms with Gasteiger partial charge in [0.1, 0.15) is 5.82 Å². The second-order valence-corrected chi connectivity index (χ2v) is 8.95. The quantitative estimate of drug-likeness (QED) is 0.418. The molecule has 3 aromatic heterocycles. The fraction of sp³-hybridized carbons (Fsp3) is 0.280. The second kappa shape index (κ2) is 9.23. The number of H-pyrrole nitrogens is 1. The van der Waals surface area contributed by atoms with E-state index in [0.717, 1.165) is 38.6 Å². The minimum Gasteiger partial charge on any atom is -0.348 e. The fourth-order valence-electron chi connectivity index (χ4n) is 4.24. The van der Waals surface area contributed by atoms with Crippen LogP contribution in [0.1, 0.15) is 51.7 Å². The first-order chi connectivity index (χ1) is 15.8. The molecule has 0 unspecified atom stereocenters. The van der Waals surface area contributed by atoms with Crippen LogP contribution < -0.4 is 10.9 Å². The molecule has 0 fully saturated rings. The lowest BCUT2D eigenvalue weighted by Gasteiger charge is -2.18. The smallest absolute Gasteiger partial charge is 0.254 e. The van der Waals surface area contributed by atoms with Gasteiger partial charge in [0.2, 0.25) is 0 Å². The largest absolute Gasteiger partial charge is 0.348 e. The van der Waals surface area contributed by atoms with Crippen molar-refractivity contribution in [3.8, 4) is 0 Å². The molecule has 0 aliphatic rings. The molecule has 170 valence electrons. The monoisotopic (exact) mass is 461 g/mol. The third-order valence-corrected chi connectivity index (χ3v) is 6.73. The summed E-state index contributed by atoms with van der Waals surface area (Å²) in [6.45, 7) is 7.89. The van der Waals surface area contributed by atoms with Gasteiger partial charge in [0.05, 0.1) is 11.6 Å². The number of rotatable bonds is 6. The average molecular weight is 462 g/mol. The van der Waals surface area contributed by atoms with Crippen molar-refractivity contribution in [2.75, 3.05) is 6.26 Å². The minimum absolute atomic E-state index is 0.0555. The molecular formula is C25H27N5O2S. The van der Waals surface area contributed by atoms with Gasteiger partial charge < -0.3 is 14.9 Å². The molecule has 4 rings (SSSR count). The van der Waals surface area contributed by atoms with Crippen molar-refractivity contribution in [1.29, 1.82) is 0 Å². The molecule has 7 nitrogen and oxygen atoms in total. The molecule has 1 amide bonds. The molecule has 0 saturated carbocycles. The van der Waals surface area contributed by atoms with E-state index in [1.54, 1.807) is 0 Å². The fourth-order valence-corrected chi connectivity index (χ4v) is 4.94. The summed E-state index contributed by atoms with van der Waals surface area (Å²) < 4.78 is 2.14. The van der Waals surface area contributed by atoms with Crippen LogP contribution in [0.5, 0.6) is 0 Å². The highest BCUT2D eigenvalue weighted by Gasteiger charge is 2.23. The normalized spacial score (nSPS) is 12.2. The lowest BCUT2D eigenvalue weighted by Crippen LogP contribution is -2.28. The molecule has 1 aromatic carbocycles. The highest BCUT2D eigenvalue weighted by atomic mass is 32.2. The number of nitrogens with one attached hydrogen (secondary N) is 2. The molecule has 0 bridgehead atoms. The van der Waals surface area contributed by atoms with Gasteiger partial charge in [-0.25, -0.2) is 9.97 Å². The number of hydrogen-bond donors (Lipinski definition) is 2. The predicted molar refractivity (Wildman–Crippen MR) is 132 cm³/mol. The third-order valence-electron chi connectivity index (χ3n) is 5.93. The van der Waals surface area contributed by atoms with Crippen molar-refractivity contribution in [2.45, 2.75) is 45.2 Å². The Balaban J connectivity index is 1.72. The molecule has 0 radical (unpaired) electrons. The number of carbonyl (C=O) groups excluding carboxylic acids is 1. The Morgan fingerprint density at radius 2 is 1.88 bits per heavy atom. The van der Waals surface area contributed by atoms with E-state index in [2.05, 4.69) is 31.8 Å². The van der Waals surface area contributed by atoms with Crippen LogP contribution in [0, 0.1) is 20.8 Å². The number of aromatic nitrogens is 4. The van der Waals surface area contributed by atoms with E-state index in [4.69, 9.17) is 0 Å². The van der Waals surface area contributed by atoms with Crippen molar-refractivity contribution >= 4 is 28.6 Å². The standard InChI is InChI=1S/C25H27N5O2S/c1-14-10-22(33-5)20(24(31)29-14)13-28-25(32)23-16(3)30(21-9-7-6-8-19(21)23)15(2)18-11-26-17(4)27-12-18/h6-12,15H,13H2,1-5H3,(H,28,32)(H,29,31)/t15-/m0/s1. The summed E-state index contributed by atoms with van der Waals surface area (Å²) in [7, 11) is 0. The first-order valence-corrected chi connectivity index (χ1v) is 12.0. The van der Waals surface area contributed by atoms with Gasteiger partial charge >= 0.3 is 0 Å². The van der Waals surface area contributed by atoms with E-state index < -0.39 is 0 Å². The molecule has 1 atom stereocenters. The zero-order valence-electron chi connectivity index (χ0n) is 19.4. The number of amides is 1. The zero-order valence-corrected chi connectivity index (χ0v) is 20.2. The summed E-state index contributed by atoms with van der Waals surface area (Å²) >= 11 is 1.50. The van der Waals surface area contributed by atoms with Crippen molar-refractivity contribution in [3.05, 3.63) is 87.0 Å². The molecule has 0 spiro atoms. The van der Waals surface area contributed by atoms with E-state index >= 15 is 0 Å². The molecule has 0 saturated heterocycles. The van der Waals surface area contributed by atoms with Gasteiger partial charge in [-0.2, -0.15) is 0 Å². The van der Waals surface area contributed by atoms with Crippen LogP contribution in [0.2, 0.25) is 0 Å². The topological polar surface area (TPSA) is 92.7 Å². The van der Waals surface area contributed by atoms with E-state index in [9.17, 15) is 9.59 Å². The maximum absolute atomic E-state index is 13.4. The number of para-hydroxylation sites is 1. The Morgan fingerprint density at radius 3 is 2.58 bits per heavy atom. The van der Waals surface area contributed by atoms with Gasteiger partial charge in [-0.3, -0.25) is 9.59 Å². The Bertz CT molecular complexity index is 1390. The van der Waals surface area contributed by atoms with Crippen molar-refractivity contribution in [2.24, 2.45) is 0 Å². The molecule has 8 heteroatoms. The summed E-state index contributed by atoms with van der Waals surface area (Å²) in [5.41, 5.74) is 4.58.